The second-order valence-corrected chi connectivity index (χ2v) is 5.17. The lowest BCUT2D eigenvalue weighted by Crippen LogP contribution is -2.34. The Kier molecular flexibility index (Phi) is 3.88. The molecular weight excluding hydrogens is 250 g/mol. The fourth-order valence-corrected chi connectivity index (χ4v) is 2.21. The molecule has 1 saturated heterocycles. The van der Waals surface area contributed by atoms with Crippen LogP contribution in [0.15, 0.2) is 15.8 Å². The van der Waals surface area contributed by atoms with Crippen molar-refractivity contribution in [3.63, 3.8) is 0 Å². The van der Waals surface area contributed by atoms with E-state index < -0.39 is 23.6 Å². The van der Waals surface area contributed by atoms with Crippen LogP contribution in [0.25, 0.3) is 0 Å². The number of nitrogens with zero attached hydrogens (tertiary/aromatic N) is 2. The molecule has 0 saturated carbocycles. The molecule has 1 fully saturated rings. The summed E-state index contributed by atoms with van der Waals surface area (Å²) in [6.45, 7) is 2.20. The van der Waals surface area contributed by atoms with Gasteiger partial charge in [0.15, 0.2) is 0 Å². The molecule has 0 bridgehead atoms. The molecule has 0 aromatic carbocycles. The van der Waals surface area contributed by atoms with E-state index >= 15 is 0 Å². The number of aryl methyl sites for hydroxylation is 1. The topological polar surface area (TPSA) is 87.6 Å². The highest BCUT2D eigenvalue weighted by atomic mass is 16.5. The number of H-pyrrole nitrogens is 1. The van der Waals surface area contributed by atoms with Gasteiger partial charge in [0.25, 0.3) is 5.56 Å². The van der Waals surface area contributed by atoms with Gasteiger partial charge < -0.3 is 14.7 Å². The molecule has 0 aliphatic carbocycles. The van der Waals surface area contributed by atoms with Gasteiger partial charge in [0.2, 0.25) is 0 Å². The van der Waals surface area contributed by atoms with Crippen molar-refractivity contribution in [1.82, 2.24) is 14.5 Å². The average Bonchev–Trinajstić information content (AvgIpc) is 2.64. The van der Waals surface area contributed by atoms with Gasteiger partial charge in [-0.2, -0.15) is 0 Å². The summed E-state index contributed by atoms with van der Waals surface area (Å²) in [5.41, 5.74) is -0.475. The van der Waals surface area contributed by atoms with Crippen molar-refractivity contribution < 1.29 is 9.84 Å². The summed E-state index contributed by atoms with van der Waals surface area (Å²) in [7, 11) is 3.78. The SMILES string of the molecule is Cc1cn([C@H]2C[C@@H](O)[C@@H](CN(C)C)O2)c(=O)[nH]c1=O. The Labute approximate surface area is 110 Å². The van der Waals surface area contributed by atoms with Crippen LogP contribution in [0.1, 0.15) is 18.2 Å². The van der Waals surface area contributed by atoms with Crippen LogP contribution in [0.5, 0.6) is 0 Å². The Balaban J connectivity index is 2.23. The minimum Gasteiger partial charge on any atom is -0.390 e. The highest BCUT2D eigenvalue weighted by Crippen LogP contribution is 2.27. The third kappa shape index (κ3) is 2.94. The van der Waals surface area contributed by atoms with Crippen molar-refractivity contribution in [1.29, 1.82) is 0 Å². The first-order valence-corrected chi connectivity index (χ1v) is 6.19. The Morgan fingerprint density at radius 1 is 1.53 bits per heavy atom. The predicted molar refractivity (Wildman–Crippen MR) is 69.1 cm³/mol. The summed E-state index contributed by atoms with van der Waals surface area (Å²) in [6.07, 6.45) is 0.314. The summed E-state index contributed by atoms with van der Waals surface area (Å²) in [6, 6.07) is 0. The summed E-state index contributed by atoms with van der Waals surface area (Å²) in [4.78, 5) is 27.2. The second-order valence-electron chi connectivity index (χ2n) is 5.17. The maximum Gasteiger partial charge on any atom is 0.330 e. The maximum atomic E-state index is 11.8. The van der Waals surface area contributed by atoms with Crippen LogP contribution in [0, 0.1) is 6.92 Å². The molecule has 2 heterocycles. The first kappa shape index (κ1) is 14.0. The molecule has 106 valence electrons. The van der Waals surface area contributed by atoms with E-state index in [4.69, 9.17) is 4.74 Å². The Bertz CT molecular complexity index is 563. The van der Waals surface area contributed by atoms with Gasteiger partial charge in [0, 0.05) is 24.7 Å². The van der Waals surface area contributed by atoms with Crippen LogP contribution in [0.2, 0.25) is 0 Å². The van der Waals surface area contributed by atoms with Crippen LogP contribution in [-0.4, -0.2) is 52.4 Å². The molecule has 2 N–H and O–H groups in total. The Morgan fingerprint density at radius 2 is 2.21 bits per heavy atom. The summed E-state index contributed by atoms with van der Waals surface area (Å²) < 4.78 is 7.02. The van der Waals surface area contributed by atoms with Gasteiger partial charge in [-0.3, -0.25) is 14.3 Å². The molecule has 1 aromatic heterocycles. The molecule has 0 amide bonds. The standard InChI is InChI=1S/C12H19N3O4/c1-7-5-15(12(18)13-11(7)17)10-4-8(16)9(19-10)6-14(2)3/h5,8-10,16H,4,6H2,1-3H3,(H,13,17,18)/t8-,9-,10-/m1/s1. The smallest absolute Gasteiger partial charge is 0.330 e. The van der Waals surface area contributed by atoms with E-state index in [9.17, 15) is 14.7 Å². The number of hydrogen-bond donors (Lipinski definition) is 2. The van der Waals surface area contributed by atoms with E-state index in [1.165, 1.54) is 10.8 Å². The molecule has 1 aliphatic heterocycles. The van der Waals surface area contributed by atoms with E-state index in [1.54, 1.807) is 6.92 Å². The first-order chi connectivity index (χ1) is 8.88. The van der Waals surface area contributed by atoms with Gasteiger partial charge in [-0.15, -0.1) is 0 Å². The largest absolute Gasteiger partial charge is 0.390 e. The molecule has 0 spiro atoms. The number of aromatic amines is 1. The van der Waals surface area contributed by atoms with Crippen LogP contribution in [0.3, 0.4) is 0 Å². The molecule has 3 atom stereocenters. The number of aliphatic hydroxyl groups excluding tert-OH is 1. The second kappa shape index (κ2) is 5.28. The summed E-state index contributed by atoms with van der Waals surface area (Å²) >= 11 is 0. The van der Waals surface area contributed by atoms with Gasteiger partial charge in [0.1, 0.15) is 6.23 Å². The van der Waals surface area contributed by atoms with Crippen LogP contribution in [0.4, 0.5) is 0 Å². The van der Waals surface area contributed by atoms with Gasteiger partial charge in [0.05, 0.1) is 12.2 Å². The third-order valence-electron chi connectivity index (χ3n) is 3.21. The van der Waals surface area contributed by atoms with Crippen molar-refractivity contribution >= 4 is 0 Å². The highest BCUT2D eigenvalue weighted by molar-refractivity contribution is 5.02. The highest BCUT2D eigenvalue weighted by Gasteiger charge is 2.35. The molecule has 0 radical (unpaired) electrons. The first-order valence-electron chi connectivity index (χ1n) is 6.19. The summed E-state index contributed by atoms with van der Waals surface area (Å²) in [5.74, 6) is 0. The number of nitrogens with one attached hydrogen (secondary N) is 1. The zero-order valence-corrected chi connectivity index (χ0v) is 11.3. The van der Waals surface area contributed by atoms with Crippen molar-refractivity contribution in [2.75, 3.05) is 20.6 Å². The molecule has 0 unspecified atom stereocenters. The molecule has 1 aliphatic rings. The molecule has 7 nitrogen and oxygen atoms in total. The Morgan fingerprint density at radius 3 is 2.84 bits per heavy atom. The van der Waals surface area contributed by atoms with E-state index in [2.05, 4.69) is 4.98 Å². The number of likely N-dealkylation sites (N-methyl/N-ethyl adjacent to an activating group) is 1. The number of aliphatic hydroxyl groups is 1. The van der Waals surface area contributed by atoms with Crippen molar-refractivity contribution in [2.45, 2.75) is 31.8 Å². The lowest BCUT2D eigenvalue weighted by atomic mass is 10.1. The number of ether oxygens (including phenoxy) is 1. The van der Waals surface area contributed by atoms with Crippen molar-refractivity contribution in [2.24, 2.45) is 0 Å². The van der Waals surface area contributed by atoms with Crippen LogP contribution < -0.4 is 11.2 Å². The fraction of sp³-hybridized carbons (Fsp3) is 0.667. The van der Waals surface area contributed by atoms with E-state index in [-0.39, 0.29) is 6.10 Å². The molecule has 19 heavy (non-hydrogen) atoms. The van der Waals surface area contributed by atoms with Crippen molar-refractivity contribution in [3.05, 3.63) is 32.6 Å². The maximum absolute atomic E-state index is 11.8. The quantitative estimate of drug-likeness (QED) is 0.739. The summed E-state index contributed by atoms with van der Waals surface area (Å²) in [5, 5.41) is 9.95. The molecular formula is C12H19N3O4. The number of hydrogen-bond acceptors (Lipinski definition) is 5. The zero-order valence-electron chi connectivity index (χ0n) is 11.3. The molecule has 7 heteroatoms. The molecule has 2 rings (SSSR count). The van der Waals surface area contributed by atoms with Crippen LogP contribution in [-0.2, 0) is 4.74 Å². The minimum atomic E-state index is -0.619. The molecule has 1 aromatic rings. The number of aromatic nitrogens is 2. The van der Waals surface area contributed by atoms with Gasteiger partial charge in [-0.1, -0.05) is 0 Å². The third-order valence-corrected chi connectivity index (χ3v) is 3.21. The average molecular weight is 269 g/mol. The van der Waals surface area contributed by atoms with E-state index in [0.29, 0.717) is 18.5 Å². The minimum absolute atomic E-state index is 0.334. The lowest BCUT2D eigenvalue weighted by Gasteiger charge is -2.19. The van der Waals surface area contributed by atoms with E-state index in [0.717, 1.165) is 0 Å². The lowest BCUT2D eigenvalue weighted by molar-refractivity contribution is -0.0306. The monoisotopic (exact) mass is 269 g/mol. The van der Waals surface area contributed by atoms with Crippen LogP contribution >= 0.6 is 0 Å². The van der Waals surface area contributed by atoms with Gasteiger partial charge >= 0.3 is 5.69 Å². The van der Waals surface area contributed by atoms with E-state index in [1.807, 2.05) is 19.0 Å². The van der Waals surface area contributed by atoms with Gasteiger partial charge in [-0.25, -0.2) is 4.79 Å². The number of rotatable bonds is 3. The normalized spacial score (nSPS) is 27.1. The fourth-order valence-electron chi connectivity index (χ4n) is 2.21. The zero-order chi connectivity index (χ0) is 14.2. The Hall–Kier alpha value is -1.44. The van der Waals surface area contributed by atoms with Gasteiger partial charge in [-0.05, 0) is 21.0 Å². The van der Waals surface area contributed by atoms with Crippen molar-refractivity contribution in [3.8, 4) is 0 Å². The predicted octanol–water partition coefficient (Wildman–Crippen LogP) is -0.945.